The molecule has 11 heavy (non-hydrogen) atoms. The van der Waals surface area contributed by atoms with Crippen molar-refractivity contribution in [1.29, 1.82) is 0 Å². The minimum absolute atomic E-state index is 0.676. The molecule has 0 radical (unpaired) electrons. The highest BCUT2D eigenvalue weighted by Gasteiger charge is 2.50. The van der Waals surface area contributed by atoms with Gasteiger partial charge in [-0.05, 0) is 12.2 Å². The molecule has 1 aliphatic rings. The molecule has 0 atom stereocenters. The SMILES string of the molecule is OC1=CC=CC(Cl)(Cl)C1(O)O. The van der Waals surface area contributed by atoms with E-state index >= 15 is 0 Å². The zero-order valence-electron chi connectivity index (χ0n) is 5.33. The predicted octanol–water partition coefficient (Wildman–Crippen LogP) is 0.853. The minimum atomic E-state index is -2.61. The van der Waals surface area contributed by atoms with Crippen molar-refractivity contribution >= 4 is 23.2 Å². The van der Waals surface area contributed by atoms with Crippen LogP contribution in [0.3, 0.4) is 0 Å². The first-order valence-electron chi connectivity index (χ1n) is 2.79. The van der Waals surface area contributed by atoms with Gasteiger partial charge in [0.15, 0.2) is 10.1 Å². The first-order valence-corrected chi connectivity index (χ1v) is 3.55. The average Bonchev–Trinajstić information content (AvgIpc) is 1.84. The first-order chi connectivity index (χ1) is 4.88. The van der Waals surface area contributed by atoms with Crippen LogP contribution in [0.4, 0.5) is 0 Å². The van der Waals surface area contributed by atoms with E-state index in [9.17, 15) is 0 Å². The van der Waals surface area contributed by atoms with E-state index < -0.39 is 15.9 Å². The third-order valence-corrected chi connectivity index (χ3v) is 2.16. The lowest BCUT2D eigenvalue weighted by atomic mass is 10.1. The molecule has 3 nitrogen and oxygen atoms in total. The molecule has 0 aliphatic heterocycles. The summed E-state index contributed by atoms with van der Waals surface area (Å²) in [5, 5.41) is 27.1. The molecule has 1 rings (SSSR count). The zero-order chi connectivity index (χ0) is 8.70. The summed E-state index contributed by atoms with van der Waals surface area (Å²) in [5.74, 6) is -3.28. The Hall–Kier alpha value is -0.220. The topological polar surface area (TPSA) is 60.7 Å². The summed E-state index contributed by atoms with van der Waals surface area (Å²) in [5.41, 5.74) is 0. The Labute approximate surface area is 73.2 Å². The van der Waals surface area contributed by atoms with Gasteiger partial charge < -0.3 is 15.3 Å². The lowest BCUT2D eigenvalue weighted by molar-refractivity contribution is -0.154. The molecule has 0 bridgehead atoms. The van der Waals surface area contributed by atoms with Crippen LogP contribution in [0.5, 0.6) is 0 Å². The molecule has 0 heterocycles. The van der Waals surface area contributed by atoms with Crippen molar-refractivity contribution in [2.24, 2.45) is 0 Å². The number of hydrogen-bond donors (Lipinski definition) is 3. The number of rotatable bonds is 0. The lowest BCUT2D eigenvalue weighted by Crippen LogP contribution is -2.48. The molecule has 0 aromatic heterocycles. The molecule has 5 heteroatoms. The summed E-state index contributed by atoms with van der Waals surface area (Å²) in [6, 6.07) is 0. The second-order valence-corrected chi connectivity index (χ2v) is 3.59. The zero-order valence-corrected chi connectivity index (χ0v) is 6.84. The maximum absolute atomic E-state index is 9.09. The lowest BCUT2D eigenvalue weighted by Gasteiger charge is -2.32. The fourth-order valence-electron chi connectivity index (χ4n) is 0.663. The summed E-state index contributed by atoms with van der Waals surface area (Å²) < 4.78 is -1.90. The quantitative estimate of drug-likeness (QED) is 0.398. The summed E-state index contributed by atoms with van der Waals surface area (Å²) in [4.78, 5) is 0. The van der Waals surface area contributed by atoms with E-state index in [1.54, 1.807) is 0 Å². The second kappa shape index (κ2) is 2.38. The summed E-state index contributed by atoms with van der Waals surface area (Å²) in [7, 11) is 0. The molecule has 1 aliphatic carbocycles. The number of allylic oxidation sites excluding steroid dienone is 2. The molecule has 0 fully saturated rings. The number of alkyl halides is 2. The van der Waals surface area contributed by atoms with Crippen molar-refractivity contribution < 1.29 is 15.3 Å². The van der Waals surface area contributed by atoms with Crippen LogP contribution in [0.25, 0.3) is 0 Å². The van der Waals surface area contributed by atoms with Crippen LogP contribution in [0.2, 0.25) is 0 Å². The molecule has 0 saturated heterocycles. The van der Waals surface area contributed by atoms with Gasteiger partial charge in [0.05, 0.1) is 0 Å². The van der Waals surface area contributed by atoms with Crippen molar-refractivity contribution in [2.45, 2.75) is 10.1 Å². The standard InChI is InChI=1S/C6H6Cl2O3/c7-5(8)3-1-2-4(9)6(5,10)11/h1-3,9-11H. The Morgan fingerprint density at radius 1 is 1.27 bits per heavy atom. The van der Waals surface area contributed by atoms with Gasteiger partial charge in [-0.3, -0.25) is 0 Å². The molecule has 0 spiro atoms. The monoisotopic (exact) mass is 196 g/mol. The van der Waals surface area contributed by atoms with Gasteiger partial charge >= 0.3 is 0 Å². The normalized spacial score (nSPS) is 26.4. The van der Waals surface area contributed by atoms with Gasteiger partial charge in [0.25, 0.3) is 5.79 Å². The predicted molar refractivity (Wildman–Crippen MR) is 41.5 cm³/mol. The largest absolute Gasteiger partial charge is 0.507 e. The van der Waals surface area contributed by atoms with Crippen molar-refractivity contribution in [3.8, 4) is 0 Å². The third kappa shape index (κ3) is 1.25. The number of hydrogen-bond acceptors (Lipinski definition) is 3. The van der Waals surface area contributed by atoms with Crippen LogP contribution in [-0.2, 0) is 0 Å². The van der Waals surface area contributed by atoms with Crippen molar-refractivity contribution in [3.05, 3.63) is 24.0 Å². The first kappa shape index (κ1) is 8.87. The molecular weight excluding hydrogens is 191 g/mol. The van der Waals surface area contributed by atoms with Crippen molar-refractivity contribution in [2.75, 3.05) is 0 Å². The van der Waals surface area contributed by atoms with E-state index in [4.69, 9.17) is 38.5 Å². The number of aliphatic hydroxyl groups is 3. The van der Waals surface area contributed by atoms with E-state index in [0.717, 1.165) is 12.2 Å². The van der Waals surface area contributed by atoms with E-state index in [1.807, 2.05) is 0 Å². The number of aliphatic hydroxyl groups excluding tert-OH is 1. The molecular formula is C6H6Cl2O3. The molecule has 0 aromatic carbocycles. The molecule has 62 valence electrons. The minimum Gasteiger partial charge on any atom is -0.507 e. The van der Waals surface area contributed by atoms with Gasteiger partial charge in [0, 0.05) is 0 Å². The maximum Gasteiger partial charge on any atom is 0.260 e. The smallest absolute Gasteiger partial charge is 0.260 e. The van der Waals surface area contributed by atoms with Crippen LogP contribution in [0, 0.1) is 0 Å². The van der Waals surface area contributed by atoms with E-state index in [2.05, 4.69) is 0 Å². The highest BCUT2D eigenvalue weighted by molar-refractivity contribution is 6.50. The Morgan fingerprint density at radius 2 is 1.82 bits per heavy atom. The Morgan fingerprint density at radius 3 is 2.18 bits per heavy atom. The third-order valence-electron chi connectivity index (χ3n) is 1.38. The number of halogens is 2. The molecule has 3 N–H and O–H groups in total. The average molecular weight is 197 g/mol. The Kier molecular flexibility index (Phi) is 1.92. The van der Waals surface area contributed by atoms with E-state index in [0.29, 0.717) is 0 Å². The summed E-state index contributed by atoms with van der Waals surface area (Å²) in [6.07, 6.45) is 3.60. The second-order valence-electron chi connectivity index (χ2n) is 2.21. The van der Waals surface area contributed by atoms with Crippen molar-refractivity contribution in [3.63, 3.8) is 0 Å². The summed E-state index contributed by atoms with van der Waals surface area (Å²) >= 11 is 10.9. The molecule has 0 unspecified atom stereocenters. The van der Waals surface area contributed by atoms with Gasteiger partial charge in [-0.1, -0.05) is 29.3 Å². The van der Waals surface area contributed by atoms with Crippen LogP contribution in [-0.4, -0.2) is 25.4 Å². The highest BCUT2D eigenvalue weighted by Crippen LogP contribution is 2.39. The summed E-state index contributed by atoms with van der Waals surface area (Å²) in [6.45, 7) is 0. The van der Waals surface area contributed by atoms with E-state index in [1.165, 1.54) is 6.08 Å². The molecule has 0 aromatic rings. The van der Waals surface area contributed by atoms with Gasteiger partial charge in [-0.15, -0.1) is 0 Å². The van der Waals surface area contributed by atoms with Gasteiger partial charge in [0.2, 0.25) is 0 Å². The van der Waals surface area contributed by atoms with Crippen LogP contribution < -0.4 is 0 Å². The van der Waals surface area contributed by atoms with Crippen LogP contribution >= 0.6 is 23.2 Å². The molecule has 0 saturated carbocycles. The fourth-order valence-corrected chi connectivity index (χ4v) is 1.00. The van der Waals surface area contributed by atoms with Crippen LogP contribution in [0.1, 0.15) is 0 Å². The highest BCUT2D eigenvalue weighted by atomic mass is 35.5. The maximum atomic E-state index is 9.09. The van der Waals surface area contributed by atoms with Crippen LogP contribution in [0.15, 0.2) is 24.0 Å². The fraction of sp³-hybridized carbons (Fsp3) is 0.333. The van der Waals surface area contributed by atoms with Gasteiger partial charge in [-0.25, -0.2) is 0 Å². The Balaban J connectivity index is 3.09. The Bertz CT molecular complexity index is 230. The van der Waals surface area contributed by atoms with E-state index in [-0.39, 0.29) is 0 Å². The molecule has 0 amide bonds. The van der Waals surface area contributed by atoms with Crippen molar-refractivity contribution in [1.82, 2.24) is 0 Å². The van der Waals surface area contributed by atoms with Gasteiger partial charge in [-0.2, -0.15) is 0 Å². The van der Waals surface area contributed by atoms with Gasteiger partial charge in [0.1, 0.15) is 0 Å².